The van der Waals surface area contributed by atoms with Crippen LogP contribution >= 0.6 is 11.3 Å². The Balaban J connectivity index is 1.65. The Labute approximate surface area is 196 Å². The summed E-state index contributed by atoms with van der Waals surface area (Å²) in [6.07, 6.45) is 2.58. The molecule has 3 aromatic rings. The lowest BCUT2D eigenvalue weighted by Gasteiger charge is -2.30. The van der Waals surface area contributed by atoms with E-state index >= 15 is 0 Å². The number of carbonyl (C=O) groups excluding carboxylic acids is 1. The number of carbonyl (C=O) groups is 1. The number of rotatable bonds is 6. The summed E-state index contributed by atoms with van der Waals surface area (Å²) >= 11 is 1.39. The monoisotopic (exact) mass is 489 g/mol. The molecule has 4 rings (SSSR count). The topological polar surface area (TPSA) is 106 Å². The number of nitrogens with one attached hydrogen (secondary N) is 1. The molecule has 3 heterocycles. The molecular weight excluding hydrogens is 462 g/mol. The normalized spacial score (nSPS) is 17.2. The zero-order valence-corrected chi connectivity index (χ0v) is 20.4. The van der Waals surface area contributed by atoms with Gasteiger partial charge < -0.3 is 5.32 Å². The van der Waals surface area contributed by atoms with Crippen molar-refractivity contribution in [2.75, 3.05) is 24.7 Å². The summed E-state index contributed by atoms with van der Waals surface area (Å²) in [6, 6.07) is 9.43. The van der Waals surface area contributed by atoms with Crippen LogP contribution in [0.5, 0.6) is 0 Å². The van der Waals surface area contributed by atoms with Gasteiger partial charge in [-0.15, -0.1) is 11.3 Å². The lowest BCUT2D eigenvalue weighted by atomic mass is 9.99. The van der Waals surface area contributed by atoms with E-state index in [4.69, 9.17) is 0 Å². The summed E-state index contributed by atoms with van der Waals surface area (Å²) in [4.78, 5) is 26.0. The summed E-state index contributed by atoms with van der Waals surface area (Å²) in [7, 11) is -3.35. The second kappa shape index (κ2) is 9.24. The van der Waals surface area contributed by atoms with Gasteiger partial charge in [-0.1, -0.05) is 12.1 Å². The van der Waals surface area contributed by atoms with Crippen LogP contribution in [0.4, 0.5) is 5.69 Å². The van der Waals surface area contributed by atoms with Gasteiger partial charge in [0.15, 0.2) is 0 Å². The first-order valence-corrected chi connectivity index (χ1v) is 13.4. The molecule has 176 valence electrons. The number of sulfonamides is 1. The van der Waals surface area contributed by atoms with Crippen LogP contribution < -0.4 is 11.0 Å². The zero-order valence-electron chi connectivity index (χ0n) is 18.8. The lowest BCUT2D eigenvalue weighted by Crippen LogP contribution is -2.39. The van der Waals surface area contributed by atoms with Gasteiger partial charge in [-0.3, -0.25) is 4.79 Å². The van der Waals surface area contributed by atoms with E-state index < -0.39 is 15.7 Å². The average Bonchev–Trinajstić information content (AvgIpc) is 3.38. The first-order chi connectivity index (χ1) is 15.6. The number of nitrogens with zero attached hydrogens (tertiary/aromatic N) is 4. The van der Waals surface area contributed by atoms with E-state index in [1.165, 1.54) is 26.5 Å². The second-order valence-corrected chi connectivity index (χ2v) is 11.3. The number of piperidine rings is 1. The number of thiophene rings is 1. The maximum atomic E-state index is 13.3. The maximum absolute atomic E-state index is 13.3. The summed E-state index contributed by atoms with van der Waals surface area (Å²) in [6.45, 7) is 4.33. The van der Waals surface area contributed by atoms with Gasteiger partial charge in [0.05, 0.1) is 6.26 Å². The van der Waals surface area contributed by atoms with Crippen LogP contribution in [0.1, 0.15) is 35.7 Å². The molecule has 1 aliphatic rings. The van der Waals surface area contributed by atoms with E-state index in [1.807, 2.05) is 49.6 Å². The summed E-state index contributed by atoms with van der Waals surface area (Å²) in [5.74, 6) is -0.114. The average molecular weight is 490 g/mol. The van der Waals surface area contributed by atoms with Gasteiger partial charge in [-0.05, 0) is 61.4 Å². The molecule has 0 radical (unpaired) electrons. The fourth-order valence-electron chi connectivity index (χ4n) is 4.05. The van der Waals surface area contributed by atoms with Gasteiger partial charge in [0.1, 0.15) is 17.4 Å². The van der Waals surface area contributed by atoms with Crippen molar-refractivity contribution in [3.63, 3.8) is 0 Å². The molecule has 1 aromatic carbocycles. The van der Waals surface area contributed by atoms with Gasteiger partial charge in [0, 0.05) is 24.7 Å². The summed E-state index contributed by atoms with van der Waals surface area (Å²) in [5, 5.41) is 9.93. The third-order valence-corrected chi connectivity index (χ3v) is 7.89. The van der Waals surface area contributed by atoms with Gasteiger partial charge in [0.2, 0.25) is 15.9 Å². The minimum atomic E-state index is -3.35. The molecule has 11 heteroatoms. The minimum absolute atomic E-state index is 0.236. The number of anilines is 1. The first kappa shape index (κ1) is 23.4. The van der Waals surface area contributed by atoms with Crippen molar-refractivity contribution in [2.24, 2.45) is 0 Å². The SMILES string of the molecule is Cc1ccc(C)c(NC(=O)Cn2nc(C3CCCN(S(C)(=O)=O)C3)n(-c3cccs3)c2=O)c1. The molecule has 1 aliphatic heterocycles. The Bertz CT molecular complexity index is 1330. The third-order valence-electron chi connectivity index (χ3n) is 5.77. The number of aromatic nitrogens is 3. The molecule has 1 amide bonds. The van der Waals surface area contributed by atoms with Crippen LogP contribution in [-0.2, 0) is 21.4 Å². The summed E-state index contributed by atoms with van der Waals surface area (Å²) in [5.41, 5.74) is 2.22. The molecule has 0 spiro atoms. The Morgan fingerprint density at radius 3 is 2.76 bits per heavy atom. The Morgan fingerprint density at radius 1 is 1.27 bits per heavy atom. The molecule has 1 fully saturated rings. The minimum Gasteiger partial charge on any atom is -0.324 e. The molecule has 1 unspecified atom stereocenters. The largest absolute Gasteiger partial charge is 0.351 e. The highest BCUT2D eigenvalue weighted by Crippen LogP contribution is 2.28. The first-order valence-electron chi connectivity index (χ1n) is 10.7. The summed E-state index contributed by atoms with van der Waals surface area (Å²) < 4.78 is 28.3. The predicted octanol–water partition coefficient (Wildman–Crippen LogP) is 2.49. The zero-order chi connectivity index (χ0) is 23.8. The molecule has 1 saturated heterocycles. The number of aryl methyl sites for hydroxylation is 2. The van der Waals surface area contributed by atoms with Gasteiger partial charge in [-0.2, -0.15) is 5.10 Å². The van der Waals surface area contributed by atoms with Crippen LogP contribution in [0, 0.1) is 13.8 Å². The quantitative estimate of drug-likeness (QED) is 0.573. The highest BCUT2D eigenvalue weighted by molar-refractivity contribution is 7.88. The number of benzene rings is 1. The predicted molar refractivity (Wildman–Crippen MR) is 129 cm³/mol. The van der Waals surface area contributed by atoms with Crippen LogP contribution in [0.25, 0.3) is 5.00 Å². The lowest BCUT2D eigenvalue weighted by molar-refractivity contribution is -0.117. The number of hydrogen-bond acceptors (Lipinski definition) is 6. The van der Waals surface area contributed by atoms with Gasteiger partial charge in [-0.25, -0.2) is 26.8 Å². The highest BCUT2D eigenvalue weighted by atomic mass is 32.2. The molecule has 0 bridgehead atoms. The van der Waals surface area contributed by atoms with Gasteiger partial charge in [0.25, 0.3) is 0 Å². The molecular formula is C22H27N5O4S2. The van der Waals surface area contributed by atoms with Crippen molar-refractivity contribution < 1.29 is 13.2 Å². The van der Waals surface area contributed by atoms with Crippen LogP contribution in [0.2, 0.25) is 0 Å². The molecule has 1 atom stereocenters. The van der Waals surface area contributed by atoms with E-state index in [1.54, 1.807) is 0 Å². The fraction of sp³-hybridized carbons (Fsp3) is 0.409. The van der Waals surface area contributed by atoms with E-state index in [9.17, 15) is 18.0 Å². The number of amides is 1. The van der Waals surface area contributed by atoms with Gasteiger partial charge >= 0.3 is 5.69 Å². The Morgan fingerprint density at radius 2 is 2.06 bits per heavy atom. The fourth-order valence-corrected chi connectivity index (χ4v) is 5.69. The standard InChI is InChI=1S/C22H27N5O4S2/c1-15-8-9-16(2)18(12-15)23-19(28)14-26-22(29)27(20-7-5-11-32-20)21(24-26)17-6-4-10-25(13-17)33(3,30)31/h5,7-9,11-12,17H,4,6,10,13-14H2,1-3H3,(H,23,28). The molecule has 1 N–H and O–H groups in total. The molecule has 9 nitrogen and oxygen atoms in total. The van der Waals surface area contributed by atoms with E-state index in [-0.39, 0.29) is 24.9 Å². The van der Waals surface area contributed by atoms with Crippen molar-refractivity contribution in [2.45, 2.75) is 39.2 Å². The van der Waals surface area contributed by atoms with E-state index in [0.717, 1.165) is 15.8 Å². The highest BCUT2D eigenvalue weighted by Gasteiger charge is 2.32. The molecule has 2 aromatic heterocycles. The van der Waals surface area contributed by atoms with Crippen molar-refractivity contribution in [3.05, 3.63) is 63.1 Å². The van der Waals surface area contributed by atoms with E-state index in [2.05, 4.69) is 10.4 Å². The van der Waals surface area contributed by atoms with E-state index in [0.29, 0.717) is 35.9 Å². The number of hydrogen-bond donors (Lipinski definition) is 1. The second-order valence-electron chi connectivity index (χ2n) is 8.41. The maximum Gasteiger partial charge on any atom is 0.351 e. The van der Waals surface area contributed by atoms with Crippen molar-refractivity contribution in [1.29, 1.82) is 0 Å². The van der Waals surface area contributed by atoms with Crippen molar-refractivity contribution in [3.8, 4) is 5.00 Å². The Hall–Kier alpha value is -2.76. The van der Waals surface area contributed by atoms with Crippen LogP contribution in [-0.4, -0.2) is 52.3 Å². The van der Waals surface area contributed by atoms with Crippen LogP contribution in [0.3, 0.4) is 0 Å². The molecule has 0 saturated carbocycles. The molecule has 0 aliphatic carbocycles. The van der Waals surface area contributed by atoms with Crippen LogP contribution in [0.15, 0.2) is 40.5 Å². The smallest absolute Gasteiger partial charge is 0.324 e. The Kier molecular flexibility index (Phi) is 6.55. The third kappa shape index (κ3) is 5.10. The van der Waals surface area contributed by atoms with Crippen molar-refractivity contribution >= 4 is 33.0 Å². The van der Waals surface area contributed by atoms with Crippen molar-refractivity contribution in [1.82, 2.24) is 18.7 Å². The molecule has 33 heavy (non-hydrogen) atoms.